The molecule has 0 aliphatic rings. The van der Waals surface area contributed by atoms with Crippen molar-refractivity contribution in [2.24, 2.45) is 0 Å². The average molecular weight is 426 g/mol. The van der Waals surface area contributed by atoms with E-state index in [0.717, 1.165) is 17.2 Å². The van der Waals surface area contributed by atoms with Gasteiger partial charge in [-0.05, 0) is 31.1 Å². The maximum Gasteiger partial charge on any atom is 0.213 e. The summed E-state index contributed by atoms with van der Waals surface area (Å²) in [6.45, 7) is 6.32. The molecule has 0 saturated heterocycles. The molecule has 21 heavy (non-hydrogen) atoms. The molecule has 1 aromatic rings. The maximum absolute atomic E-state index is 5.59. The van der Waals surface area contributed by atoms with Gasteiger partial charge in [-0.3, -0.25) is 0 Å². The molecular formula is C12H31Cl2O3Si3Ti-5. The number of halogens is 2. The van der Waals surface area contributed by atoms with Crippen molar-refractivity contribution in [2.75, 3.05) is 0 Å². The van der Waals surface area contributed by atoms with E-state index in [4.69, 9.17) is 13.3 Å². The van der Waals surface area contributed by atoms with Gasteiger partial charge in [-0.2, -0.15) is 0 Å². The SMILES string of the molecule is C[SiH2]Oc1cc(O[SiH2]C)c(O[SiH2]C)[cH-]1.Cl.Cl.[CH3-].[CH3-].[CH3-].[CH3-].[Ti]. The summed E-state index contributed by atoms with van der Waals surface area (Å²) in [7, 11) is -1.27. The zero-order valence-corrected chi connectivity index (χ0v) is 21.8. The fourth-order valence-electron chi connectivity index (χ4n) is 1.23. The quantitative estimate of drug-likeness (QED) is 0.517. The van der Waals surface area contributed by atoms with Crippen LogP contribution in [0.4, 0.5) is 0 Å². The molecule has 132 valence electrons. The van der Waals surface area contributed by atoms with Crippen molar-refractivity contribution in [1.29, 1.82) is 0 Å². The normalized spacial score (nSPS) is 8.33. The standard InChI is InChI=1S/C8H17O3Si3.4CH3.2ClH.Ti/c1-12-9-6-4-7(10-13-2)8(5-6)11-14-3;;;;;;;/h4-5H,12-14H2,1-3H3;4*1H3;2*1H;/q5*-1;;;. The molecule has 0 aliphatic carbocycles. The van der Waals surface area contributed by atoms with E-state index in [-0.39, 0.29) is 76.2 Å². The van der Waals surface area contributed by atoms with Crippen LogP contribution in [0.5, 0.6) is 17.2 Å². The largest absolute Gasteiger partial charge is 0.612 e. The first-order valence-electron chi connectivity index (χ1n) is 5.00. The summed E-state index contributed by atoms with van der Waals surface area (Å²) in [5.41, 5.74) is 0. The summed E-state index contributed by atoms with van der Waals surface area (Å²) in [4.78, 5) is 0. The van der Waals surface area contributed by atoms with Crippen LogP contribution in [0.2, 0.25) is 19.6 Å². The molecular weight excluding hydrogens is 395 g/mol. The van der Waals surface area contributed by atoms with E-state index >= 15 is 0 Å². The molecule has 0 fully saturated rings. The van der Waals surface area contributed by atoms with Crippen LogP contribution in [0.25, 0.3) is 0 Å². The van der Waals surface area contributed by atoms with Gasteiger partial charge < -0.3 is 43.0 Å². The van der Waals surface area contributed by atoms with Gasteiger partial charge in [0.1, 0.15) is 0 Å². The van der Waals surface area contributed by atoms with Crippen molar-refractivity contribution in [3.8, 4) is 17.2 Å². The summed E-state index contributed by atoms with van der Waals surface area (Å²) < 4.78 is 16.7. The van der Waals surface area contributed by atoms with Crippen molar-refractivity contribution in [1.82, 2.24) is 0 Å². The predicted molar refractivity (Wildman–Crippen MR) is 107 cm³/mol. The molecule has 0 saturated carbocycles. The minimum atomic E-state index is -0.432. The molecule has 9 heteroatoms. The van der Waals surface area contributed by atoms with Gasteiger partial charge in [0.05, 0.1) is 0 Å². The van der Waals surface area contributed by atoms with Crippen molar-refractivity contribution in [3.63, 3.8) is 0 Å². The summed E-state index contributed by atoms with van der Waals surface area (Å²) >= 11 is 0. The zero-order chi connectivity index (χ0) is 10.4. The Bertz CT molecular complexity index is 269. The van der Waals surface area contributed by atoms with E-state index in [1.165, 1.54) is 0 Å². The Kier molecular flexibility index (Phi) is 52.5. The van der Waals surface area contributed by atoms with Gasteiger partial charge in [0.25, 0.3) is 0 Å². The van der Waals surface area contributed by atoms with Crippen LogP contribution in [-0.2, 0) is 21.7 Å². The number of rotatable bonds is 6. The molecule has 0 spiro atoms. The van der Waals surface area contributed by atoms with Gasteiger partial charge in [-0.1, -0.05) is 6.07 Å². The first-order chi connectivity index (χ1) is 6.81. The van der Waals surface area contributed by atoms with Gasteiger partial charge in [0.2, 0.25) is 19.5 Å². The van der Waals surface area contributed by atoms with Crippen LogP contribution in [0.3, 0.4) is 0 Å². The molecule has 3 nitrogen and oxygen atoms in total. The molecule has 0 heterocycles. The maximum atomic E-state index is 5.59. The molecule has 0 unspecified atom stereocenters. The Balaban J connectivity index is -0.0000000560. The third-order valence-corrected chi connectivity index (χ3v) is 3.52. The summed E-state index contributed by atoms with van der Waals surface area (Å²) in [5.74, 6) is 2.67. The van der Waals surface area contributed by atoms with E-state index in [0.29, 0.717) is 0 Å². The first kappa shape index (κ1) is 43.0. The second-order valence-electron chi connectivity index (χ2n) is 2.72. The fourth-order valence-corrected chi connectivity index (χ4v) is 2.80. The van der Waals surface area contributed by atoms with Crippen LogP contribution in [0.15, 0.2) is 12.1 Å². The topological polar surface area (TPSA) is 27.7 Å². The molecule has 0 amide bonds. The first-order valence-corrected chi connectivity index (χ1v) is 11.0. The molecule has 1 rings (SSSR count). The van der Waals surface area contributed by atoms with Crippen molar-refractivity contribution >= 4 is 54.1 Å². The monoisotopic (exact) mass is 425 g/mol. The zero-order valence-electron chi connectivity index (χ0n) is 14.3. The van der Waals surface area contributed by atoms with Gasteiger partial charge in [-0.15, -0.1) is 30.9 Å². The van der Waals surface area contributed by atoms with Crippen LogP contribution >= 0.6 is 24.8 Å². The minimum absolute atomic E-state index is 0. The molecule has 0 atom stereocenters. The van der Waals surface area contributed by atoms with Crippen molar-refractivity contribution in [3.05, 3.63) is 41.8 Å². The molecule has 0 aromatic heterocycles. The Morgan fingerprint density at radius 3 is 1.62 bits per heavy atom. The Labute approximate surface area is 167 Å². The Morgan fingerprint density at radius 2 is 1.24 bits per heavy atom. The Morgan fingerprint density at radius 1 is 0.810 bits per heavy atom. The molecule has 1 aromatic carbocycles. The predicted octanol–water partition coefficient (Wildman–Crippen LogP) is 2.58. The van der Waals surface area contributed by atoms with Crippen LogP contribution in [-0.4, -0.2) is 29.3 Å². The molecule has 0 radical (unpaired) electrons. The average Bonchev–Trinajstić information content (AvgIpc) is 2.50. The van der Waals surface area contributed by atoms with Crippen LogP contribution in [0.1, 0.15) is 0 Å². The summed E-state index contributed by atoms with van der Waals surface area (Å²) in [6.07, 6.45) is 0. The summed E-state index contributed by atoms with van der Waals surface area (Å²) in [6, 6.07) is 3.90. The van der Waals surface area contributed by atoms with Gasteiger partial charge in [0.15, 0.2) is 9.76 Å². The summed E-state index contributed by atoms with van der Waals surface area (Å²) in [5, 5.41) is 0. The Hall–Kier alpha value is 0.695. The molecule has 0 bridgehead atoms. The third kappa shape index (κ3) is 15.4. The van der Waals surface area contributed by atoms with E-state index in [1.807, 2.05) is 12.1 Å². The van der Waals surface area contributed by atoms with Crippen LogP contribution < -0.4 is 13.3 Å². The number of hydrogen-bond donors (Lipinski definition) is 0. The van der Waals surface area contributed by atoms with Crippen LogP contribution in [0, 0.1) is 29.7 Å². The second kappa shape index (κ2) is 25.6. The third-order valence-electron chi connectivity index (χ3n) is 1.70. The van der Waals surface area contributed by atoms with E-state index in [1.54, 1.807) is 0 Å². The van der Waals surface area contributed by atoms with E-state index < -0.39 is 29.3 Å². The number of hydrogen-bond acceptors (Lipinski definition) is 3. The van der Waals surface area contributed by atoms with Crippen molar-refractivity contribution in [2.45, 2.75) is 19.6 Å². The van der Waals surface area contributed by atoms with Gasteiger partial charge >= 0.3 is 0 Å². The molecule has 0 aliphatic heterocycles. The van der Waals surface area contributed by atoms with E-state index in [9.17, 15) is 0 Å². The smallest absolute Gasteiger partial charge is 0.213 e. The van der Waals surface area contributed by atoms with Crippen molar-refractivity contribution < 1.29 is 35.0 Å². The van der Waals surface area contributed by atoms with E-state index in [2.05, 4.69) is 19.6 Å². The fraction of sp³-hybridized carbons (Fsp3) is 0.250. The molecule has 0 N–H and O–H groups in total. The second-order valence-corrected chi connectivity index (χ2v) is 5.32. The van der Waals surface area contributed by atoms with Gasteiger partial charge in [0, 0.05) is 27.5 Å². The minimum Gasteiger partial charge on any atom is -0.612 e. The van der Waals surface area contributed by atoms with Gasteiger partial charge in [-0.25, -0.2) is 0 Å².